The summed E-state index contributed by atoms with van der Waals surface area (Å²) in [7, 11) is -11.7. The zero-order chi connectivity index (χ0) is 68.6. The van der Waals surface area contributed by atoms with Gasteiger partial charge in [-0.15, -0.1) is 0 Å². The molecule has 0 amide bonds. The third kappa shape index (κ3) is 14.2. The summed E-state index contributed by atoms with van der Waals surface area (Å²) in [6.07, 6.45) is -0.915. The highest BCUT2D eigenvalue weighted by molar-refractivity contribution is 7.94. The summed E-state index contributed by atoms with van der Waals surface area (Å²) in [5.74, 6) is -1.97. The lowest BCUT2D eigenvalue weighted by molar-refractivity contribution is -0.144. The van der Waals surface area contributed by atoms with Crippen LogP contribution in [-0.2, 0) is 81.4 Å². The molecule has 0 fully saturated rings. The molecule has 10 aromatic carbocycles. The number of carbonyl (C=O) groups excluding carboxylic acids is 6. The van der Waals surface area contributed by atoms with Gasteiger partial charge in [0.15, 0.2) is 0 Å². The average molecular weight is 1330 g/mol. The first-order valence-corrected chi connectivity index (χ1v) is 36.7. The zero-order valence-electron chi connectivity index (χ0n) is 55.3. The molecule has 96 heavy (non-hydrogen) atoms. The zero-order valence-corrected chi connectivity index (χ0v) is 58.0. The van der Waals surface area contributed by atoms with E-state index in [0.29, 0.717) is 98.6 Å². The van der Waals surface area contributed by atoms with Gasteiger partial charge in [-0.05, 0) is 146 Å². The van der Waals surface area contributed by atoms with Crippen LogP contribution in [0.5, 0.6) is 0 Å². The maximum atomic E-state index is 15.3. The Balaban J connectivity index is 0.922. The normalized spacial score (nSPS) is 11.6. The number of carbonyl (C=O) groups is 6. The van der Waals surface area contributed by atoms with Crippen molar-refractivity contribution in [1.82, 2.24) is 0 Å². The predicted octanol–water partition coefficient (Wildman–Crippen LogP) is 14.8. The van der Waals surface area contributed by atoms with Crippen LogP contribution in [0.1, 0.15) is 115 Å². The molecule has 15 heteroatoms. The van der Waals surface area contributed by atoms with Crippen molar-refractivity contribution in [1.29, 1.82) is 0 Å². The lowest BCUT2D eigenvalue weighted by Crippen LogP contribution is -2.24. The largest absolute Gasteiger partial charge is 0.461 e. The van der Waals surface area contributed by atoms with Gasteiger partial charge in [-0.25, -0.2) is 0 Å². The van der Waals surface area contributed by atoms with E-state index in [9.17, 15) is 28.8 Å². The molecule has 0 atom stereocenters. The van der Waals surface area contributed by atoms with Crippen LogP contribution in [0, 0.1) is 62.3 Å². The van der Waals surface area contributed by atoms with Gasteiger partial charge in [0.2, 0.25) is 38.0 Å². The summed E-state index contributed by atoms with van der Waals surface area (Å²) in [5, 5.41) is 2.35. The minimum atomic E-state index is -3.91. The first-order chi connectivity index (χ1) is 46.0. The van der Waals surface area contributed by atoms with Gasteiger partial charge in [-0.2, -0.15) is 0 Å². The number of esters is 3. The van der Waals surface area contributed by atoms with E-state index in [0.717, 1.165) is 16.7 Å². The molecule has 0 spiro atoms. The Morgan fingerprint density at radius 1 is 0.271 bits per heavy atom. The number of rotatable bonds is 24. The summed E-state index contributed by atoms with van der Waals surface area (Å²) >= 11 is 0. The van der Waals surface area contributed by atoms with E-state index in [-0.39, 0.29) is 55.8 Å². The minimum absolute atomic E-state index is 0.230. The molecule has 0 aliphatic carbocycles. The summed E-state index contributed by atoms with van der Waals surface area (Å²) < 4.78 is 64.0. The molecule has 0 unspecified atom stereocenters. The first kappa shape index (κ1) is 69.1. The second kappa shape index (κ2) is 29.5. The van der Waals surface area contributed by atoms with E-state index in [2.05, 4.69) is 0 Å². The van der Waals surface area contributed by atoms with E-state index in [1.165, 1.54) is 0 Å². The van der Waals surface area contributed by atoms with Crippen molar-refractivity contribution < 1.29 is 56.7 Å². The fourth-order valence-electron chi connectivity index (χ4n) is 13.0. The molecule has 0 aliphatic heterocycles. The Labute approximate surface area is 561 Å². The molecule has 10 aromatic rings. The number of aryl methyl sites for hydroxylation is 6. The van der Waals surface area contributed by atoms with Crippen molar-refractivity contribution in [2.45, 2.75) is 101 Å². The van der Waals surface area contributed by atoms with Gasteiger partial charge in [0, 0.05) is 48.5 Å². The molecule has 0 aliphatic rings. The second-order valence-corrected chi connectivity index (χ2v) is 32.4. The lowest BCUT2D eigenvalue weighted by Gasteiger charge is -2.22. The third-order valence-corrected chi connectivity index (χ3v) is 26.4. The maximum absolute atomic E-state index is 15.3. The molecule has 0 saturated carbocycles. The maximum Gasteiger partial charge on any atom is 0.310 e. The van der Waals surface area contributed by atoms with Crippen LogP contribution in [0.25, 0.3) is 0 Å². The molecule has 0 bridgehead atoms. The van der Waals surface area contributed by atoms with Gasteiger partial charge in [0.1, 0.15) is 19.8 Å². The molecule has 12 nitrogen and oxygen atoms in total. The molecule has 0 radical (unpaired) electrons. The molecule has 0 N–H and O–H groups in total. The highest BCUT2D eigenvalue weighted by Gasteiger charge is 2.42. The van der Waals surface area contributed by atoms with E-state index in [1.54, 1.807) is 242 Å². The number of hydrogen-bond donors (Lipinski definition) is 0. The van der Waals surface area contributed by atoms with E-state index >= 15 is 13.7 Å². The second-order valence-electron chi connectivity index (χ2n) is 24.4. The van der Waals surface area contributed by atoms with Gasteiger partial charge in [0.25, 0.3) is 0 Å². The summed E-state index contributed by atoms with van der Waals surface area (Å²) in [4.78, 5) is 87.3. The molecular weight excluding hydrogens is 1260 g/mol. The van der Waals surface area contributed by atoms with Crippen LogP contribution in [0.2, 0.25) is 0 Å². The van der Waals surface area contributed by atoms with Crippen LogP contribution < -0.4 is 31.8 Å². The fourth-order valence-corrected chi connectivity index (χ4v) is 20.9. The predicted molar refractivity (Wildman–Crippen MR) is 381 cm³/mol. The average Bonchev–Trinajstić information content (AvgIpc) is 0.767. The molecule has 0 saturated heterocycles. The number of benzene rings is 10. The first-order valence-electron chi connectivity index (χ1n) is 31.6. The Kier molecular flexibility index (Phi) is 21.3. The van der Waals surface area contributed by atoms with Gasteiger partial charge in [-0.3, -0.25) is 28.8 Å². The van der Waals surface area contributed by atoms with Gasteiger partial charge >= 0.3 is 17.9 Å². The van der Waals surface area contributed by atoms with E-state index in [4.69, 9.17) is 14.2 Å². The van der Waals surface area contributed by atoms with Crippen LogP contribution in [-0.4, -0.2) is 34.5 Å². The molecule has 0 heterocycles. The van der Waals surface area contributed by atoms with Gasteiger partial charge in [0.05, 0.1) is 19.3 Å². The van der Waals surface area contributed by atoms with E-state index < -0.39 is 55.9 Å². The number of ether oxygens (including phenoxy) is 3. The Morgan fingerprint density at radius 2 is 0.458 bits per heavy atom. The minimum Gasteiger partial charge on any atom is -0.461 e. The highest BCUT2D eigenvalue weighted by atomic mass is 31.2. The molecule has 0 aromatic heterocycles. The monoisotopic (exact) mass is 1330 g/mol. The van der Waals surface area contributed by atoms with Crippen LogP contribution in [0.3, 0.4) is 0 Å². The van der Waals surface area contributed by atoms with E-state index in [1.807, 2.05) is 39.0 Å². The smallest absolute Gasteiger partial charge is 0.310 e. The SMILES string of the molecule is Cc1cc(C)c(C(=O)P(=O)(c2ccccc2)c2ccccc2)c(C)c1COC(=O)Cc1cc(CC(=O)OCc2c(C)cc(C)c(C(=O)P(=O)(c3ccccc3)c3ccccc3)c2C)cc(CC(=O)OCc2c(C)cc(C)c(C(=O)P(=O)(c3ccccc3)c3ccccc3)c2C)c1. The van der Waals surface area contributed by atoms with Crippen molar-refractivity contribution in [3.8, 4) is 0 Å². The quantitative estimate of drug-likeness (QED) is 0.0318. The van der Waals surface area contributed by atoms with Crippen molar-refractivity contribution in [3.05, 3.63) is 319 Å². The Morgan fingerprint density at radius 3 is 0.646 bits per heavy atom. The summed E-state index contributed by atoms with van der Waals surface area (Å²) in [5.41, 5.74) is 7.79. The van der Waals surface area contributed by atoms with Gasteiger partial charge < -0.3 is 27.9 Å². The van der Waals surface area contributed by atoms with Crippen LogP contribution >= 0.6 is 21.4 Å². The van der Waals surface area contributed by atoms with Crippen molar-refractivity contribution in [2.75, 3.05) is 0 Å². The van der Waals surface area contributed by atoms with Crippen molar-refractivity contribution >= 4 is 87.7 Å². The van der Waals surface area contributed by atoms with Crippen LogP contribution in [0.15, 0.2) is 218 Å². The summed E-state index contributed by atoms with van der Waals surface area (Å²) in [6.45, 7) is 15.5. The topological polar surface area (TPSA) is 181 Å². The molecule has 10 rings (SSSR count). The van der Waals surface area contributed by atoms with Crippen molar-refractivity contribution in [2.24, 2.45) is 0 Å². The summed E-state index contributed by atoms with van der Waals surface area (Å²) in [6, 6.07) is 62.6. The number of hydrogen-bond acceptors (Lipinski definition) is 12. The van der Waals surface area contributed by atoms with Gasteiger partial charge in [-0.1, -0.05) is 218 Å². The highest BCUT2D eigenvalue weighted by Crippen LogP contribution is 2.51. The fraction of sp³-hybridized carbons (Fsp3) is 0.185. The lowest BCUT2D eigenvalue weighted by atomic mass is 9.94. The Bertz CT molecular complexity index is 4180. The van der Waals surface area contributed by atoms with Crippen LogP contribution in [0.4, 0.5) is 0 Å². The molecular formula is C81H75O12P3. The molecule has 486 valence electrons. The van der Waals surface area contributed by atoms with Crippen molar-refractivity contribution in [3.63, 3.8) is 0 Å². The standard InChI is InChI=1S/C81H75O12P3/c1-52-40-55(4)76(79(85)94(88,64-28-16-10-17-29-64)65-30-18-11-19-31-65)58(7)70(52)49-91-73(82)46-61-43-62(47-74(83)92-50-71-53(2)41-56(5)77(59(71)8)80(86)95(89,66-32-20-12-21-33-66)67-34-22-13-23-35-67)45-63(44-61)48-75(84)93-51-72-54(3)42-57(6)78(60(72)9)81(87)96(90,68-36-24-14-25-37-68)69-38-26-15-27-39-69/h10-45H,46-51H2,1-9H3. The Hall–Kier alpha value is -9.69. The third-order valence-electron chi connectivity index (χ3n) is 17.9.